The molecule has 5 nitrogen and oxygen atoms in total. The third-order valence-corrected chi connectivity index (χ3v) is 2.32. The molecule has 0 unspecified atom stereocenters. The average molecular weight is 167 g/mol. The summed E-state index contributed by atoms with van der Waals surface area (Å²) in [4.78, 5) is 10.6. The van der Waals surface area contributed by atoms with E-state index in [-0.39, 0.29) is 5.92 Å². The van der Waals surface area contributed by atoms with E-state index in [1.54, 1.807) is 12.4 Å². The van der Waals surface area contributed by atoms with E-state index < -0.39 is 11.5 Å². The fourth-order valence-corrected chi connectivity index (χ4v) is 1.38. The predicted molar refractivity (Wildman–Crippen MR) is 40.5 cm³/mol. The summed E-state index contributed by atoms with van der Waals surface area (Å²) in [6.45, 7) is 0. The molecule has 1 aromatic heterocycles. The molecule has 0 aliphatic heterocycles. The normalized spacial score (nSPS) is 33.2. The minimum atomic E-state index is -1.05. The number of hydrogen-bond acceptors (Lipinski definition) is 3. The lowest BCUT2D eigenvalue weighted by Crippen LogP contribution is -2.34. The lowest BCUT2D eigenvalue weighted by Gasteiger charge is -2.01. The molecule has 1 aliphatic carbocycles. The highest BCUT2D eigenvalue weighted by atomic mass is 16.4. The van der Waals surface area contributed by atoms with E-state index >= 15 is 0 Å². The van der Waals surface area contributed by atoms with Crippen molar-refractivity contribution in [2.45, 2.75) is 17.9 Å². The molecule has 64 valence electrons. The van der Waals surface area contributed by atoms with Crippen LogP contribution in [0.15, 0.2) is 12.4 Å². The van der Waals surface area contributed by atoms with E-state index in [2.05, 4.69) is 10.2 Å². The summed E-state index contributed by atoms with van der Waals surface area (Å²) >= 11 is 0. The monoisotopic (exact) mass is 167 g/mol. The molecule has 0 spiro atoms. The number of aromatic amines is 1. The van der Waals surface area contributed by atoms with Crippen LogP contribution in [0.25, 0.3) is 0 Å². The Morgan fingerprint density at radius 2 is 2.67 bits per heavy atom. The van der Waals surface area contributed by atoms with Crippen molar-refractivity contribution in [3.05, 3.63) is 18.0 Å². The van der Waals surface area contributed by atoms with Crippen LogP contribution in [0, 0.1) is 0 Å². The van der Waals surface area contributed by atoms with E-state index in [1.807, 2.05) is 0 Å². The smallest absolute Gasteiger partial charge is 0.324 e. The van der Waals surface area contributed by atoms with E-state index in [9.17, 15) is 4.79 Å². The van der Waals surface area contributed by atoms with E-state index in [0.29, 0.717) is 6.42 Å². The number of aliphatic carboxylic acids is 1. The van der Waals surface area contributed by atoms with Gasteiger partial charge in [0, 0.05) is 12.1 Å². The van der Waals surface area contributed by atoms with Crippen LogP contribution >= 0.6 is 0 Å². The first kappa shape index (κ1) is 7.30. The van der Waals surface area contributed by atoms with Crippen LogP contribution in [0.3, 0.4) is 0 Å². The molecular formula is C7H9N3O2. The van der Waals surface area contributed by atoms with Crippen molar-refractivity contribution in [2.75, 3.05) is 0 Å². The lowest BCUT2D eigenvalue weighted by atomic mass is 10.1. The zero-order chi connectivity index (χ0) is 8.77. The number of carbonyl (C=O) groups is 1. The number of nitrogens with zero attached hydrogens (tertiary/aromatic N) is 1. The number of rotatable bonds is 2. The molecule has 0 aromatic carbocycles. The second-order valence-corrected chi connectivity index (χ2v) is 3.13. The molecule has 2 rings (SSSR count). The molecule has 1 saturated carbocycles. The Bertz CT molecular complexity index is 308. The van der Waals surface area contributed by atoms with Gasteiger partial charge in [-0.1, -0.05) is 0 Å². The first-order valence-corrected chi connectivity index (χ1v) is 3.65. The molecular weight excluding hydrogens is 158 g/mol. The Hall–Kier alpha value is -1.36. The minimum Gasteiger partial charge on any atom is -0.480 e. The summed E-state index contributed by atoms with van der Waals surface area (Å²) in [5.74, 6) is -1.01. The first-order valence-electron chi connectivity index (χ1n) is 3.65. The lowest BCUT2D eigenvalue weighted by molar-refractivity contribution is -0.139. The summed E-state index contributed by atoms with van der Waals surface area (Å²) < 4.78 is 0. The second-order valence-electron chi connectivity index (χ2n) is 3.13. The average Bonchev–Trinajstić information content (AvgIpc) is 2.49. The molecule has 2 atom stereocenters. The maximum Gasteiger partial charge on any atom is 0.324 e. The molecule has 4 N–H and O–H groups in total. The van der Waals surface area contributed by atoms with Crippen LogP contribution in [0.4, 0.5) is 0 Å². The maximum absolute atomic E-state index is 10.6. The fourth-order valence-electron chi connectivity index (χ4n) is 1.38. The second kappa shape index (κ2) is 2.07. The van der Waals surface area contributed by atoms with Gasteiger partial charge in [-0.2, -0.15) is 5.10 Å². The van der Waals surface area contributed by atoms with E-state index in [0.717, 1.165) is 5.56 Å². The predicted octanol–water partition coefficient (Wildman–Crippen LogP) is -0.321. The van der Waals surface area contributed by atoms with E-state index in [4.69, 9.17) is 10.8 Å². The zero-order valence-electron chi connectivity index (χ0n) is 6.32. The molecule has 1 aliphatic rings. The molecule has 5 heteroatoms. The Morgan fingerprint density at radius 3 is 3.08 bits per heavy atom. The van der Waals surface area contributed by atoms with Crippen LogP contribution in [0.2, 0.25) is 0 Å². The van der Waals surface area contributed by atoms with Crippen LogP contribution < -0.4 is 5.73 Å². The van der Waals surface area contributed by atoms with Crippen molar-refractivity contribution in [1.82, 2.24) is 10.2 Å². The van der Waals surface area contributed by atoms with Gasteiger partial charge in [0.15, 0.2) is 0 Å². The highest BCUT2D eigenvalue weighted by molar-refractivity contribution is 5.84. The van der Waals surface area contributed by atoms with Crippen LogP contribution in [0.5, 0.6) is 0 Å². The van der Waals surface area contributed by atoms with Crippen molar-refractivity contribution in [3.63, 3.8) is 0 Å². The Morgan fingerprint density at radius 1 is 1.92 bits per heavy atom. The summed E-state index contributed by atoms with van der Waals surface area (Å²) in [6.07, 6.45) is 3.80. The van der Waals surface area contributed by atoms with Crippen LogP contribution in [-0.2, 0) is 4.79 Å². The number of nitrogens with two attached hydrogens (primary N) is 1. The van der Waals surface area contributed by atoms with Gasteiger partial charge in [0.2, 0.25) is 0 Å². The Kier molecular flexibility index (Phi) is 1.26. The van der Waals surface area contributed by atoms with Crippen LogP contribution in [-0.4, -0.2) is 26.8 Å². The van der Waals surface area contributed by atoms with Crippen molar-refractivity contribution < 1.29 is 9.90 Å². The topological polar surface area (TPSA) is 92.0 Å². The molecule has 0 amide bonds. The SMILES string of the molecule is N[C@]1(C(=O)O)C[C@@H]1c1cn[nH]c1. The summed E-state index contributed by atoms with van der Waals surface area (Å²) in [5.41, 5.74) is 5.41. The van der Waals surface area contributed by atoms with Gasteiger partial charge in [-0.15, -0.1) is 0 Å². The number of aromatic nitrogens is 2. The fraction of sp³-hybridized carbons (Fsp3) is 0.429. The van der Waals surface area contributed by atoms with Gasteiger partial charge in [0.1, 0.15) is 5.54 Å². The van der Waals surface area contributed by atoms with Gasteiger partial charge in [-0.25, -0.2) is 0 Å². The standard InChI is InChI=1S/C7H9N3O2/c8-7(6(11)12)1-5(7)4-2-9-10-3-4/h2-3,5H,1,8H2,(H,9,10)(H,11,12)/t5-,7-/m1/s1. The third-order valence-electron chi connectivity index (χ3n) is 2.32. The van der Waals surface area contributed by atoms with Crippen molar-refractivity contribution in [3.8, 4) is 0 Å². The van der Waals surface area contributed by atoms with Crippen LogP contribution in [0.1, 0.15) is 17.9 Å². The van der Waals surface area contributed by atoms with Gasteiger partial charge in [0.05, 0.1) is 6.20 Å². The highest BCUT2D eigenvalue weighted by Crippen LogP contribution is 2.49. The number of H-pyrrole nitrogens is 1. The van der Waals surface area contributed by atoms with Crippen molar-refractivity contribution in [2.24, 2.45) is 5.73 Å². The Labute approximate surface area is 68.6 Å². The summed E-state index contributed by atoms with van der Waals surface area (Å²) in [5, 5.41) is 15.1. The molecule has 1 fully saturated rings. The third kappa shape index (κ3) is 0.831. The van der Waals surface area contributed by atoms with Gasteiger partial charge in [-0.05, 0) is 12.0 Å². The zero-order valence-corrected chi connectivity index (χ0v) is 6.32. The largest absolute Gasteiger partial charge is 0.480 e. The highest BCUT2D eigenvalue weighted by Gasteiger charge is 2.58. The van der Waals surface area contributed by atoms with E-state index in [1.165, 1.54) is 0 Å². The quantitative estimate of drug-likeness (QED) is 0.562. The number of hydrogen-bond donors (Lipinski definition) is 3. The number of carboxylic acids is 1. The van der Waals surface area contributed by atoms with Gasteiger partial charge < -0.3 is 10.8 Å². The minimum absolute atomic E-state index is 0.0752. The number of nitrogens with one attached hydrogen (secondary N) is 1. The van der Waals surface area contributed by atoms with Gasteiger partial charge in [0.25, 0.3) is 0 Å². The molecule has 0 radical (unpaired) electrons. The molecule has 0 saturated heterocycles. The van der Waals surface area contributed by atoms with Gasteiger partial charge in [-0.3, -0.25) is 9.89 Å². The Balaban J connectivity index is 2.19. The van der Waals surface area contributed by atoms with Crippen molar-refractivity contribution >= 4 is 5.97 Å². The molecule has 0 bridgehead atoms. The van der Waals surface area contributed by atoms with Gasteiger partial charge >= 0.3 is 5.97 Å². The first-order chi connectivity index (χ1) is 5.64. The number of carboxylic acid groups (broad SMARTS) is 1. The molecule has 1 heterocycles. The maximum atomic E-state index is 10.6. The van der Waals surface area contributed by atoms with Crippen molar-refractivity contribution in [1.29, 1.82) is 0 Å². The molecule has 1 aromatic rings. The molecule has 12 heavy (non-hydrogen) atoms. The summed E-state index contributed by atoms with van der Waals surface area (Å²) in [7, 11) is 0. The summed E-state index contributed by atoms with van der Waals surface area (Å²) in [6, 6.07) is 0.